The van der Waals surface area contributed by atoms with Gasteiger partial charge in [-0.25, -0.2) is 0 Å². The molecule has 0 fully saturated rings. The van der Waals surface area contributed by atoms with E-state index < -0.39 is 0 Å². The molecule has 0 saturated carbocycles. The van der Waals surface area contributed by atoms with Crippen molar-refractivity contribution >= 4 is 11.6 Å². The van der Waals surface area contributed by atoms with E-state index in [0.29, 0.717) is 6.54 Å². The van der Waals surface area contributed by atoms with Crippen molar-refractivity contribution in [2.75, 3.05) is 11.9 Å². The average molecular weight is 290 g/mol. The van der Waals surface area contributed by atoms with Crippen molar-refractivity contribution in [1.29, 1.82) is 0 Å². The molecule has 0 aliphatic heterocycles. The Hall–Kier alpha value is -1.35. The largest absolute Gasteiger partial charge is 0.330 e. The lowest BCUT2D eigenvalue weighted by atomic mass is 9.84. The molecule has 1 aromatic carbocycles. The highest BCUT2D eigenvalue weighted by Crippen LogP contribution is 2.27. The first-order valence-electron chi connectivity index (χ1n) is 7.94. The summed E-state index contributed by atoms with van der Waals surface area (Å²) in [5, 5.41) is 3.14. The fourth-order valence-corrected chi connectivity index (χ4v) is 2.65. The van der Waals surface area contributed by atoms with Gasteiger partial charge in [0, 0.05) is 12.2 Å². The minimum atomic E-state index is -0.139. The number of rotatable bonds is 6. The summed E-state index contributed by atoms with van der Waals surface area (Å²) in [4.78, 5) is 12.6. The van der Waals surface area contributed by atoms with Crippen LogP contribution in [-0.2, 0) is 17.6 Å². The molecule has 118 valence electrons. The van der Waals surface area contributed by atoms with Gasteiger partial charge in [-0.2, -0.15) is 0 Å². The van der Waals surface area contributed by atoms with E-state index >= 15 is 0 Å². The molecule has 0 heterocycles. The zero-order valence-electron chi connectivity index (χ0n) is 14.1. The molecule has 0 bridgehead atoms. The molecule has 21 heavy (non-hydrogen) atoms. The van der Waals surface area contributed by atoms with E-state index in [1.807, 2.05) is 0 Å². The maximum Gasteiger partial charge on any atom is 0.228 e. The van der Waals surface area contributed by atoms with Crippen LogP contribution in [0, 0.1) is 11.3 Å². The van der Waals surface area contributed by atoms with E-state index in [1.165, 1.54) is 11.1 Å². The minimum absolute atomic E-state index is 0.0445. The number of hydrogen-bond donors (Lipinski definition) is 2. The Bertz CT molecular complexity index is 452. The Labute approximate surface area is 129 Å². The van der Waals surface area contributed by atoms with Crippen molar-refractivity contribution in [3.05, 3.63) is 29.3 Å². The van der Waals surface area contributed by atoms with Gasteiger partial charge in [-0.05, 0) is 35.8 Å². The topological polar surface area (TPSA) is 55.1 Å². The zero-order valence-corrected chi connectivity index (χ0v) is 14.1. The fourth-order valence-electron chi connectivity index (χ4n) is 2.65. The van der Waals surface area contributed by atoms with Gasteiger partial charge in [0.15, 0.2) is 0 Å². The Kier molecular flexibility index (Phi) is 6.41. The van der Waals surface area contributed by atoms with Crippen LogP contribution in [0.4, 0.5) is 5.69 Å². The minimum Gasteiger partial charge on any atom is -0.330 e. The van der Waals surface area contributed by atoms with Crippen molar-refractivity contribution in [1.82, 2.24) is 0 Å². The first kappa shape index (κ1) is 17.7. The van der Waals surface area contributed by atoms with Crippen LogP contribution < -0.4 is 11.1 Å². The van der Waals surface area contributed by atoms with Crippen LogP contribution >= 0.6 is 0 Å². The number of nitrogens with one attached hydrogen (secondary N) is 1. The normalized spacial score (nSPS) is 13.0. The summed E-state index contributed by atoms with van der Waals surface area (Å²) < 4.78 is 0. The monoisotopic (exact) mass is 290 g/mol. The van der Waals surface area contributed by atoms with E-state index in [9.17, 15) is 4.79 Å². The number of para-hydroxylation sites is 1. The summed E-state index contributed by atoms with van der Waals surface area (Å²) in [6.45, 7) is 11.0. The SMILES string of the molecule is CCc1cccc(CC)c1NC(=O)C(CN)CC(C)(C)C. The Balaban J connectivity index is 2.96. The van der Waals surface area contributed by atoms with E-state index in [2.05, 4.69) is 58.1 Å². The van der Waals surface area contributed by atoms with Gasteiger partial charge in [-0.15, -0.1) is 0 Å². The first-order chi connectivity index (χ1) is 9.82. The molecule has 1 aromatic rings. The molecule has 0 spiro atoms. The van der Waals surface area contributed by atoms with Gasteiger partial charge in [0.1, 0.15) is 0 Å². The highest BCUT2D eigenvalue weighted by Gasteiger charge is 2.24. The molecule has 0 aromatic heterocycles. The molecule has 0 saturated heterocycles. The number of hydrogen-bond acceptors (Lipinski definition) is 2. The third kappa shape index (κ3) is 5.16. The van der Waals surface area contributed by atoms with Crippen molar-refractivity contribution in [2.45, 2.75) is 53.9 Å². The van der Waals surface area contributed by atoms with Gasteiger partial charge in [0.2, 0.25) is 5.91 Å². The number of carbonyl (C=O) groups excluding carboxylic acids is 1. The summed E-state index contributed by atoms with van der Waals surface area (Å²) >= 11 is 0. The molecule has 1 rings (SSSR count). The quantitative estimate of drug-likeness (QED) is 0.838. The maximum absolute atomic E-state index is 12.6. The van der Waals surface area contributed by atoms with Gasteiger partial charge < -0.3 is 11.1 Å². The van der Waals surface area contributed by atoms with Crippen LogP contribution in [0.5, 0.6) is 0 Å². The molecule has 3 N–H and O–H groups in total. The average Bonchev–Trinajstić information content (AvgIpc) is 2.43. The summed E-state index contributed by atoms with van der Waals surface area (Å²) in [6.07, 6.45) is 2.62. The van der Waals surface area contributed by atoms with Gasteiger partial charge in [0.05, 0.1) is 5.92 Å². The van der Waals surface area contributed by atoms with Crippen molar-refractivity contribution in [2.24, 2.45) is 17.1 Å². The highest BCUT2D eigenvalue weighted by atomic mass is 16.1. The van der Waals surface area contributed by atoms with Crippen LogP contribution in [0.15, 0.2) is 18.2 Å². The zero-order chi connectivity index (χ0) is 16.0. The predicted molar refractivity (Wildman–Crippen MR) is 90.4 cm³/mol. The Morgan fingerprint density at radius 3 is 2.10 bits per heavy atom. The lowest BCUT2D eigenvalue weighted by Gasteiger charge is -2.25. The summed E-state index contributed by atoms with van der Waals surface area (Å²) in [6, 6.07) is 6.22. The fraction of sp³-hybridized carbons (Fsp3) is 0.611. The Morgan fingerprint density at radius 1 is 1.19 bits per heavy atom. The summed E-state index contributed by atoms with van der Waals surface area (Å²) in [7, 11) is 0. The Morgan fingerprint density at radius 2 is 1.71 bits per heavy atom. The van der Waals surface area contributed by atoms with Crippen molar-refractivity contribution in [3.8, 4) is 0 Å². The second kappa shape index (κ2) is 7.60. The molecule has 0 radical (unpaired) electrons. The van der Waals surface area contributed by atoms with E-state index in [1.54, 1.807) is 0 Å². The number of carbonyl (C=O) groups is 1. The standard InChI is InChI=1S/C18H30N2O/c1-6-13-9-8-10-14(7-2)16(13)20-17(21)15(12-19)11-18(3,4)5/h8-10,15H,6-7,11-12,19H2,1-5H3,(H,20,21). The second-order valence-corrected chi connectivity index (χ2v) is 6.85. The second-order valence-electron chi connectivity index (χ2n) is 6.85. The van der Waals surface area contributed by atoms with Gasteiger partial charge in [-0.1, -0.05) is 52.8 Å². The molecule has 0 aliphatic rings. The number of amides is 1. The smallest absolute Gasteiger partial charge is 0.228 e. The van der Waals surface area contributed by atoms with Crippen LogP contribution in [0.3, 0.4) is 0 Å². The van der Waals surface area contributed by atoms with Crippen molar-refractivity contribution < 1.29 is 4.79 Å². The van der Waals surface area contributed by atoms with Crippen molar-refractivity contribution in [3.63, 3.8) is 0 Å². The van der Waals surface area contributed by atoms with Crippen LogP contribution in [0.1, 0.15) is 52.2 Å². The molecule has 0 aliphatic carbocycles. The van der Waals surface area contributed by atoms with Gasteiger partial charge in [-0.3, -0.25) is 4.79 Å². The molecule has 1 amide bonds. The lowest BCUT2D eigenvalue weighted by molar-refractivity contribution is -0.120. The highest BCUT2D eigenvalue weighted by molar-refractivity contribution is 5.94. The predicted octanol–water partition coefficient (Wildman–Crippen LogP) is 3.76. The third-order valence-electron chi connectivity index (χ3n) is 3.76. The van der Waals surface area contributed by atoms with E-state index in [-0.39, 0.29) is 17.2 Å². The molecular formula is C18H30N2O. The van der Waals surface area contributed by atoms with Gasteiger partial charge >= 0.3 is 0 Å². The maximum atomic E-state index is 12.6. The number of nitrogens with two attached hydrogens (primary N) is 1. The number of benzene rings is 1. The van der Waals surface area contributed by atoms with Crippen LogP contribution in [-0.4, -0.2) is 12.5 Å². The molecular weight excluding hydrogens is 260 g/mol. The van der Waals surface area contributed by atoms with Crippen LogP contribution in [0.2, 0.25) is 0 Å². The summed E-state index contributed by atoms with van der Waals surface area (Å²) in [5.41, 5.74) is 9.28. The van der Waals surface area contributed by atoms with Crippen LogP contribution in [0.25, 0.3) is 0 Å². The molecule has 1 unspecified atom stereocenters. The van der Waals surface area contributed by atoms with E-state index in [4.69, 9.17) is 5.73 Å². The molecule has 3 nitrogen and oxygen atoms in total. The van der Waals surface area contributed by atoms with Gasteiger partial charge in [0.25, 0.3) is 0 Å². The summed E-state index contributed by atoms with van der Waals surface area (Å²) in [5.74, 6) is -0.0948. The molecule has 3 heteroatoms. The van der Waals surface area contributed by atoms with E-state index in [0.717, 1.165) is 24.9 Å². The lowest BCUT2D eigenvalue weighted by Crippen LogP contribution is -2.33. The number of anilines is 1. The third-order valence-corrected chi connectivity index (χ3v) is 3.76. The number of aryl methyl sites for hydroxylation is 2. The first-order valence-corrected chi connectivity index (χ1v) is 7.94. The molecule has 1 atom stereocenters.